The second-order valence-corrected chi connectivity index (χ2v) is 6.32. The van der Waals surface area contributed by atoms with E-state index in [-0.39, 0.29) is 0 Å². The average Bonchev–Trinajstić information content (AvgIpc) is 2.83. The molecule has 0 radical (unpaired) electrons. The highest BCUT2D eigenvalue weighted by atomic mass is 16.4. The van der Waals surface area contributed by atoms with Crippen LogP contribution in [0.1, 0.15) is 0 Å². The van der Waals surface area contributed by atoms with Gasteiger partial charge in [0.2, 0.25) is 0 Å². The minimum absolute atomic E-state index is 1.12. The van der Waals surface area contributed by atoms with Crippen molar-refractivity contribution >= 4 is 34.7 Å². The number of anilines is 4. The van der Waals surface area contributed by atoms with E-state index >= 15 is 0 Å². The van der Waals surface area contributed by atoms with Crippen LogP contribution in [0.15, 0.2) is 121 Å². The number of carboxylic acids is 2. The minimum atomic E-state index is -1.82. The maximum atomic E-state index is 9.10. The first-order chi connectivity index (χ1) is 15.5. The highest BCUT2D eigenvalue weighted by Gasteiger charge is 2.04. The molecule has 0 heterocycles. The lowest BCUT2D eigenvalue weighted by atomic mass is 10.3. The van der Waals surface area contributed by atoms with Crippen LogP contribution in [0.4, 0.5) is 22.7 Å². The van der Waals surface area contributed by atoms with Crippen LogP contribution in [0, 0.1) is 0 Å². The van der Waals surface area contributed by atoms with Gasteiger partial charge in [-0.25, -0.2) is 9.59 Å². The molecule has 0 aliphatic heterocycles. The van der Waals surface area contributed by atoms with Crippen molar-refractivity contribution in [1.29, 1.82) is 0 Å². The van der Waals surface area contributed by atoms with Crippen molar-refractivity contribution in [1.82, 2.24) is 0 Å². The quantitative estimate of drug-likeness (QED) is 0.297. The third-order valence-corrected chi connectivity index (χ3v) is 3.86. The molecular formula is C26H24N2O4. The van der Waals surface area contributed by atoms with Gasteiger partial charge in [0, 0.05) is 22.7 Å². The van der Waals surface area contributed by atoms with Gasteiger partial charge in [-0.05, 0) is 48.5 Å². The average molecular weight is 428 g/mol. The molecule has 0 aromatic heterocycles. The van der Waals surface area contributed by atoms with Gasteiger partial charge in [-0.1, -0.05) is 72.8 Å². The molecule has 0 saturated carbocycles. The Bertz CT molecular complexity index is 894. The largest absolute Gasteiger partial charge is 0.473 e. The standard InChI is InChI=1S/2C12H11N.C2H2O4/c2*1-3-7-11(8-4-1)13-12-9-5-2-6-10-12;3-1(4)2(5)6/h2*1-10,13H;(H,3,4)(H,5,6). The number of hydrogen-bond acceptors (Lipinski definition) is 4. The van der Waals surface area contributed by atoms with Crippen LogP contribution in [0.5, 0.6) is 0 Å². The zero-order valence-electron chi connectivity index (χ0n) is 17.3. The maximum Gasteiger partial charge on any atom is 0.414 e. The van der Waals surface area contributed by atoms with Crippen molar-refractivity contribution in [3.8, 4) is 0 Å². The second kappa shape index (κ2) is 13.6. The molecule has 0 saturated heterocycles. The van der Waals surface area contributed by atoms with Gasteiger partial charge < -0.3 is 20.8 Å². The number of hydrogen-bond donors (Lipinski definition) is 4. The van der Waals surface area contributed by atoms with Crippen molar-refractivity contribution < 1.29 is 19.8 Å². The molecule has 0 atom stereocenters. The van der Waals surface area contributed by atoms with Crippen molar-refractivity contribution in [2.75, 3.05) is 10.6 Å². The van der Waals surface area contributed by atoms with E-state index in [4.69, 9.17) is 19.8 Å². The molecule has 0 unspecified atom stereocenters. The van der Waals surface area contributed by atoms with Crippen molar-refractivity contribution in [3.63, 3.8) is 0 Å². The van der Waals surface area contributed by atoms with Crippen LogP contribution < -0.4 is 10.6 Å². The van der Waals surface area contributed by atoms with Gasteiger partial charge >= 0.3 is 11.9 Å². The first kappa shape index (κ1) is 23.7. The summed E-state index contributed by atoms with van der Waals surface area (Å²) in [6.45, 7) is 0. The molecule has 0 spiro atoms. The molecule has 6 nitrogen and oxygen atoms in total. The minimum Gasteiger partial charge on any atom is -0.473 e. The molecule has 4 N–H and O–H groups in total. The van der Waals surface area contributed by atoms with Gasteiger partial charge in [0.25, 0.3) is 0 Å². The van der Waals surface area contributed by atoms with Gasteiger partial charge in [0.15, 0.2) is 0 Å². The number of rotatable bonds is 4. The molecule has 4 rings (SSSR count). The van der Waals surface area contributed by atoms with E-state index in [0.29, 0.717) is 0 Å². The highest BCUT2D eigenvalue weighted by Crippen LogP contribution is 2.15. The van der Waals surface area contributed by atoms with E-state index < -0.39 is 11.9 Å². The Morgan fingerprint density at radius 1 is 0.406 bits per heavy atom. The Balaban J connectivity index is 0.000000183. The predicted octanol–water partition coefficient (Wildman–Crippen LogP) is 6.02. The summed E-state index contributed by atoms with van der Waals surface area (Å²) in [7, 11) is 0. The number of nitrogens with one attached hydrogen (secondary N) is 2. The number of para-hydroxylation sites is 4. The normalized spacial score (nSPS) is 9.12. The van der Waals surface area contributed by atoms with Crippen molar-refractivity contribution in [3.05, 3.63) is 121 Å². The maximum absolute atomic E-state index is 9.10. The molecule has 6 heteroatoms. The number of benzene rings is 4. The highest BCUT2D eigenvalue weighted by molar-refractivity contribution is 6.27. The molecule has 0 amide bonds. The van der Waals surface area contributed by atoms with Gasteiger partial charge in [0.1, 0.15) is 0 Å². The number of carboxylic acid groups (broad SMARTS) is 2. The summed E-state index contributed by atoms with van der Waals surface area (Å²) in [5.41, 5.74) is 4.48. The fraction of sp³-hybridized carbons (Fsp3) is 0. The van der Waals surface area contributed by atoms with E-state index in [0.717, 1.165) is 22.7 Å². The van der Waals surface area contributed by atoms with Crippen LogP contribution in [0.2, 0.25) is 0 Å². The monoisotopic (exact) mass is 428 g/mol. The van der Waals surface area contributed by atoms with Gasteiger partial charge in [0.05, 0.1) is 0 Å². The van der Waals surface area contributed by atoms with Crippen LogP contribution in [0.25, 0.3) is 0 Å². The first-order valence-corrected chi connectivity index (χ1v) is 9.75. The van der Waals surface area contributed by atoms with E-state index in [9.17, 15) is 0 Å². The third kappa shape index (κ3) is 9.76. The summed E-state index contributed by atoms with van der Waals surface area (Å²) in [6, 6.07) is 40.6. The lowest BCUT2D eigenvalue weighted by Crippen LogP contribution is -2.09. The van der Waals surface area contributed by atoms with Gasteiger partial charge in [-0.15, -0.1) is 0 Å². The van der Waals surface area contributed by atoms with Crippen LogP contribution >= 0.6 is 0 Å². The third-order valence-electron chi connectivity index (χ3n) is 3.86. The zero-order valence-corrected chi connectivity index (χ0v) is 17.3. The summed E-state index contributed by atoms with van der Waals surface area (Å²) in [5, 5.41) is 21.4. The molecule has 4 aromatic carbocycles. The van der Waals surface area contributed by atoms with Crippen molar-refractivity contribution in [2.24, 2.45) is 0 Å². The van der Waals surface area contributed by atoms with E-state index in [1.807, 2.05) is 121 Å². The van der Waals surface area contributed by atoms with Crippen molar-refractivity contribution in [2.45, 2.75) is 0 Å². The molecule has 4 aromatic rings. The predicted molar refractivity (Wildman–Crippen MR) is 128 cm³/mol. The summed E-state index contributed by atoms with van der Waals surface area (Å²) in [4.78, 5) is 18.2. The zero-order chi connectivity index (χ0) is 23.0. The molecule has 32 heavy (non-hydrogen) atoms. The molecule has 0 fully saturated rings. The topological polar surface area (TPSA) is 98.7 Å². The molecule has 162 valence electrons. The Morgan fingerprint density at radius 2 is 0.594 bits per heavy atom. The fourth-order valence-corrected chi connectivity index (χ4v) is 2.42. The summed E-state index contributed by atoms with van der Waals surface area (Å²) in [6.07, 6.45) is 0. The Hall–Kier alpha value is -4.58. The Morgan fingerprint density at radius 3 is 0.750 bits per heavy atom. The lowest BCUT2D eigenvalue weighted by molar-refractivity contribution is -0.159. The first-order valence-electron chi connectivity index (χ1n) is 9.75. The lowest BCUT2D eigenvalue weighted by Gasteiger charge is -2.04. The Labute approximate surface area is 186 Å². The van der Waals surface area contributed by atoms with Gasteiger partial charge in [-0.3, -0.25) is 0 Å². The molecular weight excluding hydrogens is 404 g/mol. The molecule has 0 bridgehead atoms. The summed E-state index contributed by atoms with van der Waals surface area (Å²) in [5.74, 6) is -3.65. The van der Waals surface area contributed by atoms with E-state index in [2.05, 4.69) is 10.6 Å². The van der Waals surface area contributed by atoms with Crippen LogP contribution in [-0.2, 0) is 9.59 Å². The molecule has 0 aliphatic carbocycles. The Kier molecular flexibility index (Phi) is 10.1. The smallest absolute Gasteiger partial charge is 0.414 e. The van der Waals surface area contributed by atoms with E-state index in [1.165, 1.54) is 0 Å². The second-order valence-electron chi connectivity index (χ2n) is 6.32. The number of carbonyl (C=O) groups is 2. The van der Waals surface area contributed by atoms with Crippen LogP contribution in [-0.4, -0.2) is 22.2 Å². The summed E-state index contributed by atoms with van der Waals surface area (Å²) < 4.78 is 0. The number of aliphatic carboxylic acids is 2. The molecule has 0 aliphatic rings. The SMILES string of the molecule is O=C(O)C(=O)O.c1ccc(Nc2ccccc2)cc1.c1ccc(Nc2ccccc2)cc1. The van der Waals surface area contributed by atoms with Crippen LogP contribution in [0.3, 0.4) is 0 Å². The van der Waals surface area contributed by atoms with Gasteiger partial charge in [-0.2, -0.15) is 0 Å². The van der Waals surface area contributed by atoms with E-state index in [1.54, 1.807) is 0 Å². The fourth-order valence-electron chi connectivity index (χ4n) is 2.42. The summed E-state index contributed by atoms with van der Waals surface area (Å²) >= 11 is 0.